The lowest BCUT2D eigenvalue weighted by molar-refractivity contribution is 1.30. The van der Waals surface area contributed by atoms with E-state index < -0.39 is 0 Å². The van der Waals surface area contributed by atoms with Crippen LogP contribution in [0.3, 0.4) is 0 Å². The van der Waals surface area contributed by atoms with Crippen molar-refractivity contribution in [2.24, 2.45) is 5.73 Å². The van der Waals surface area contributed by atoms with Gasteiger partial charge in [0.25, 0.3) is 0 Å². The van der Waals surface area contributed by atoms with Crippen LogP contribution in [0, 0.1) is 11.8 Å². The van der Waals surface area contributed by atoms with E-state index in [1.165, 1.54) is 0 Å². The van der Waals surface area contributed by atoms with Gasteiger partial charge in [0, 0.05) is 5.56 Å². The predicted molar refractivity (Wildman–Crippen MR) is 57.4 cm³/mol. The minimum atomic E-state index is 0.303. The van der Waals surface area contributed by atoms with Crippen molar-refractivity contribution in [1.82, 2.24) is 0 Å². The van der Waals surface area contributed by atoms with Crippen LogP contribution >= 0.6 is 34.8 Å². The molecule has 0 aliphatic heterocycles. The average Bonchev–Trinajstić information content (AvgIpc) is 2.10. The maximum absolute atomic E-state index is 5.78. The standard InChI is InChI=1S/C9H6Cl3N/c10-7-4-6(2-1-3-13)5-8(11)9(7)12/h4-5H,3,13H2. The van der Waals surface area contributed by atoms with Crippen LogP contribution in [0.5, 0.6) is 0 Å². The van der Waals surface area contributed by atoms with Gasteiger partial charge < -0.3 is 5.73 Å². The van der Waals surface area contributed by atoms with E-state index in [2.05, 4.69) is 11.8 Å². The Kier molecular flexibility index (Phi) is 3.90. The van der Waals surface area contributed by atoms with Crippen LogP contribution in [-0.2, 0) is 0 Å². The minimum Gasteiger partial charge on any atom is -0.320 e. The van der Waals surface area contributed by atoms with Gasteiger partial charge in [0.1, 0.15) is 0 Å². The topological polar surface area (TPSA) is 26.0 Å². The van der Waals surface area contributed by atoms with Gasteiger partial charge in [-0.1, -0.05) is 46.6 Å². The molecule has 68 valence electrons. The van der Waals surface area contributed by atoms with Crippen LogP contribution < -0.4 is 5.73 Å². The van der Waals surface area contributed by atoms with Crippen LogP contribution in [0.1, 0.15) is 5.56 Å². The number of hydrogen-bond donors (Lipinski definition) is 1. The summed E-state index contributed by atoms with van der Waals surface area (Å²) in [4.78, 5) is 0. The molecule has 1 nitrogen and oxygen atoms in total. The van der Waals surface area contributed by atoms with Gasteiger partial charge in [0.05, 0.1) is 21.6 Å². The molecule has 13 heavy (non-hydrogen) atoms. The van der Waals surface area contributed by atoms with Crippen molar-refractivity contribution in [1.29, 1.82) is 0 Å². The van der Waals surface area contributed by atoms with E-state index in [1.54, 1.807) is 12.1 Å². The van der Waals surface area contributed by atoms with Crippen LogP contribution in [0.25, 0.3) is 0 Å². The maximum atomic E-state index is 5.78. The van der Waals surface area contributed by atoms with Crippen molar-refractivity contribution in [3.8, 4) is 11.8 Å². The first-order valence-electron chi connectivity index (χ1n) is 3.48. The van der Waals surface area contributed by atoms with Crippen molar-refractivity contribution >= 4 is 34.8 Å². The van der Waals surface area contributed by atoms with Gasteiger partial charge >= 0.3 is 0 Å². The molecule has 0 radical (unpaired) electrons. The summed E-state index contributed by atoms with van der Waals surface area (Å²) in [6, 6.07) is 3.30. The normalized spacial score (nSPS) is 9.23. The Labute approximate surface area is 91.8 Å². The van der Waals surface area contributed by atoms with E-state index in [9.17, 15) is 0 Å². The molecule has 0 aromatic heterocycles. The largest absolute Gasteiger partial charge is 0.320 e. The summed E-state index contributed by atoms with van der Waals surface area (Å²) in [5, 5.41) is 1.15. The average molecular weight is 235 g/mol. The quantitative estimate of drug-likeness (QED) is 0.542. The molecule has 0 saturated heterocycles. The van der Waals surface area contributed by atoms with Crippen molar-refractivity contribution in [2.75, 3.05) is 6.54 Å². The molecule has 0 bridgehead atoms. The van der Waals surface area contributed by atoms with Gasteiger partial charge in [-0.2, -0.15) is 0 Å². The first kappa shape index (κ1) is 10.7. The van der Waals surface area contributed by atoms with Crippen LogP contribution in [-0.4, -0.2) is 6.54 Å². The number of benzene rings is 1. The monoisotopic (exact) mass is 233 g/mol. The van der Waals surface area contributed by atoms with E-state index in [-0.39, 0.29) is 0 Å². The molecule has 1 aromatic rings. The van der Waals surface area contributed by atoms with E-state index >= 15 is 0 Å². The molecular formula is C9H6Cl3N. The fourth-order valence-corrected chi connectivity index (χ4v) is 1.38. The predicted octanol–water partition coefficient (Wildman–Crippen LogP) is 2.96. The van der Waals surface area contributed by atoms with E-state index in [1.807, 2.05) is 0 Å². The Hall–Kier alpha value is -0.390. The number of hydrogen-bond acceptors (Lipinski definition) is 1. The second-order valence-electron chi connectivity index (χ2n) is 2.26. The Bertz CT molecular complexity index is 353. The lowest BCUT2D eigenvalue weighted by Gasteiger charge is -1.99. The molecule has 0 aliphatic carbocycles. The van der Waals surface area contributed by atoms with Crippen molar-refractivity contribution in [2.45, 2.75) is 0 Å². The summed E-state index contributed by atoms with van der Waals surface area (Å²) >= 11 is 17.3. The highest BCUT2D eigenvalue weighted by Crippen LogP contribution is 2.30. The van der Waals surface area contributed by atoms with Gasteiger partial charge in [-0.15, -0.1) is 0 Å². The smallest absolute Gasteiger partial charge is 0.0779 e. The van der Waals surface area contributed by atoms with Gasteiger partial charge in [0.15, 0.2) is 0 Å². The van der Waals surface area contributed by atoms with E-state index in [0.717, 1.165) is 0 Å². The third-order valence-electron chi connectivity index (χ3n) is 1.32. The van der Waals surface area contributed by atoms with Crippen LogP contribution in [0.2, 0.25) is 15.1 Å². The molecular weight excluding hydrogens is 228 g/mol. The van der Waals surface area contributed by atoms with Crippen molar-refractivity contribution < 1.29 is 0 Å². The van der Waals surface area contributed by atoms with E-state index in [4.69, 9.17) is 40.5 Å². The van der Waals surface area contributed by atoms with Crippen molar-refractivity contribution in [3.05, 3.63) is 32.8 Å². The second-order valence-corrected chi connectivity index (χ2v) is 3.45. The van der Waals surface area contributed by atoms with E-state index in [0.29, 0.717) is 27.2 Å². The molecule has 0 heterocycles. The molecule has 0 fully saturated rings. The fourth-order valence-electron chi connectivity index (χ4n) is 0.781. The van der Waals surface area contributed by atoms with Crippen LogP contribution in [0.4, 0.5) is 0 Å². The third-order valence-corrected chi connectivity index (χ3v) is 2.52. The molecule has 0 unspecified atom stereocenters. The highest BCUT2D eigenvalue weighted by atomic mass is 35.5. The first-order chi connectivity index (χ1) is 6.15. The highest BCUT2D eigenvalue weighted by Gasteiger charge is 2.03. The molecule has 0 saturated carbocycles. The second kappa shape index (κ2) is 4.74. The maximum Gasteiger partial charge on any atom is 0.0779 e. The highest BCUT2D eigenvalue weighted by molar-refractivity contribution is 6.48. The molecule has 1 aromatic carbocycles. The first-order valence-corrected chi connectivity index (χ1v) is 4.62. The Balaban J connectivity index is 3.13. The Morgan fingerprint density at radius 2 is 1.69 bits per heavy atom. The summed E-state index contributed by atoms with van der Waals surface area (Å²) in [6.45, 7) is 0.303. The SMILES string of the molecule is NCC#Cc1cc(Cl)c(Cl)c(Cl)c1. The van der Waals surface area contributed by atoms with Gasteiger partial charge in [-0.3, -0.25) is 0 Å². The number of nitrogens with two attached hydrogens (primary N) is 1. The zero-order valence-electron chi connectivity index (χ0n) is 6.57. The summed E-state index contributed by atoms with van der Waals surface area (Å²) < 4.78 is 0. The van der Waals surface area contributed by atoms with Crippen molar-refractivity contribution in [3.63, 3.8) is 0 Å². The zero-order valence-corrected chi connectivity index (χ0v) is 8.84. The molecule has 2 N–H and O–H groups in total. The fraction of sp³-hybridized carbons (Fsp3) is 0.111. The van der Waals surface area contributed by atoms with Gasteiger partial charge in [-0.25, -0.2) is 0 Å². The Morgan fingerprint density at radius 3 is 2.15 bits per heavy atom. The summed E-state index contributed by atoms with van der Waals surface area (Å²) in [7, 11) is 0. The number of halogens is 3. The minimum absolute atomic E-state index is 0.303. The summed E-state index contributed by atoms with van der Waals surface area (Å²) in [5.41, 5.74) is 5.93. The lowest BCUT2D eigenvalue weighted by Crippen LogP contribution is -1.93. The molecule has 4 heteroatoms. The Morgan fingerprint density at radius 1 is 1.15 bits per heavy atom. The molecule has 0 amide bonds. The molecule has 0 atom stereocenters. The third kappa shape index (κ3) is 2.79. The van der Waals surface area contributed by atoms with Crippen LogP contribution in [0.15, 0.2) is 12.1 Å². The summed E-state index contributed by atoms with van der Waals surface area (Å²) in [5.74, 6) is 5.51. The zero-order chi connectivity index (χ0) is 9.84. The number of rotatable bonds is 0. The van der Waals surface area contributed by atoms with Gasteiger partial charge in [-0.05, 0) is 12.1 Å². The van der Waals surface area contributed by atoms with Gasteiger partial charge in [0.2, 0.25) is 0 Å². The summed E-state index contributed by atoms with van der Waals surface area (Å²) in [6.07, 6.45) is 0. The molecule has 1 rings (SSSR count). The molecule has 0 spiro atoms. The molecule has 0 aliphatic rings. The lowest BCUT2D eigenvalue weighted by atomic mass is 10.2.